The minimum atomic E-state index is -3.69. The van der Waals surface area contributed by atoms with Gasteiger partial charge in [0.05, 0.1) is 23.3 Å². The van der Waals surface area contributed by atoms with Crippen LogP contribution in [0.2, 0.25) is 0 Å². The van der Waals surface area contributed by atoms with Gasteiger partial charge in [0.1, 0.15) is 18.1 Å². The van der Waals surface area contributed by atoms with Gasteiger partial charge in [-0.3, -0.25) is 4.72 Å². The highest BCUT2D eigenvalue weighted by atomic mass is 32.2. The maximum Gasteiger partial charge on any atom is 0.261 e. The highest BCUT2D eigenvalue weighted by Gasteiger charge is 2.18. The van der Waals surface area contributed by atoms with Crippen LogP contribution in [0.15, 0.2) is 53.4 Å². The number of anilines is 1. The van der Waals surface area contributed by atoms with Crippen molar-refractivity contribution in [3.63, 3.8) is 0 Å². The summed E-state index contributed by atoms with van der Waals surface area (Å²) in [6, 6.07) is 13.4. The van der Waals surface area contributed by atoms with E-state index < -0.39 is 10.0 Å². The molecule has 27 heavy (non-hydrogen) atoms. The summed E-state index contributed by atoms with van der Waals surface area (Å²) in [7, 11) is -2.09. The first kappa shape index (κ1) is 19.5. The maximum atomic E-state index is 12.6. The average molecular weight is 391 g/mol. The minimum Gasteiger partial charge on any atom is -0.491 e. The number of methoxy groups -OCH3 is 1. The van der Waals surface area contributed by atoms with Gasteiger partial charge in [-0.1, -0.05) is 6.07 Å². The highest BCUT2D eigenvalue weighted by Crippen LogP contribution is 2.27. The lowest BCUT2D eigenvalue weighted by molar-refractivity contribution is 0.146. The van der Waals surface area contributed by atoms with Crippen LogP contribution in [0.3, 0.4) is 0 Å². The Kier molecular flexibility index (Phi) is 6.58. The van der Waals surface area contributed by atoms with Crippen molar-refractivity contribution in [2.75, 3.05) is 25.0 Å². The maximum absolute atomic E-state index is 12.6. The summed E-state index contributed by atoms with van der Waals surface area (Å²) in [6.45, 7) is 0.884. The molecule has 1 N–H and O–H groups in total. The summed E-state index contributed by atoms with van der Waals surface area (Å²) in [4.78, 5) is 0.170. The number of benzene rings is 2. The van der Waals surface area contributed by atoms with Gasteiger partial charge in [0.2, 0.25) is 0 Å². The van der Waals surface area contributed by atoms with E-state index >= 15 is 0 Å². The third-order valence-corrected chi connectivity index (χ3v) is 5.78. The second-order valence-electron chi connectivity index (χ2n) is 6.47. The standard InChI is InChI=1S/C20H25NO5S/c1-24-13-14-25-17-9-11-20(12-10-17)27(22,23)21-16-5-4-8-19(15-16)26-18-6-2-3-7-18/h4-5,8-12,15,18,21H,2-3,6-7,13-14H2,1H3. The lowest BCUT2D eigenvalue weighted by atomic mass is 10.3. The third-order valence-electron chi connectivity index (χ3n) is 4.38. The van der Waals surface area contributed by atoms with Crippen LogP contribution in [0.4, 0.5) is 5.69 Å². The Morgan fingerprint density at radius 2 is 1.74 bits per heavy atom. The summed E-state index contributed by atoms with van der Waals surface area (Å²) in [5.41, 5.74) is 0.478. The zero-order valence-electron chi connectivity index (χ0n) is 15.4. The molecule has 6 nitrogen and oxygen atoms in total. The second kappa shape index (κ2) is 9.10. The number of nitrogens with one attached hydrogen (secondary N) is 1. The highest BCUT2D eigenvalue weighted by molar-refractivity contribution is 7.92. The zero-order chi connectivity index (χ0) is 19.1. The average Bonchev–Trinajstić information content (AvgIpc) is 3.15. The Morgan fingerprint density at radius 3 is 2.44 bits per heavy atom. The number of ether oxygens (including phenoxy) is 3. The Bertz CT molecular complexity index is 830. The second-order valence-corrected chi connectivity index (χ2v) is 8.15. The molecule has 0 bridgehead atoms. The SMILES string of the molecule is COCCOc1ccc(S(=O)(=O)Nc2cccc(OC3CCCC3)c2)cc1. The van der Waals surface area contributed by atoms with Crippen LogP contribution in [0, 0.1) is 0 Å². The van der Waals surface area contributed by atoms with Crippen LogP contribution in [-0.4, -0.2) is 34.8 Å². The van der Waals surface area contributed by atoms with E-state index in [1.807, 2.05) is 6.07 Å². The third kappa shape index (κ3) is 5.61. The fraction of sp³-hybridized carbons (Fsp3) is 0.400. The van der Waals surface area contributed by atoms with Crippen LogP contribution < -0.4 is 14.2 Å². The summed E-state index contributed by atoms with van der Waals surface area (Å²) in [5.74, 6) is 1.28. The molecule has 0 amide bonds. The largest absolute Gasteiger partial charge is 0.491 e. The molecule has 0 aromatic heterocycles. The first-order chi connectivity index (χ1) is 13.1. The molecule has 0 aliphatic heterocycles. The number of rotatable bonds is 9. The Morgan fingerprint density at radius 1 is 1.00 bits per heavy atom. The van der Waals surface area contributed by atoms with E-state index in [4.69, 9.17) is 14.2 Å². The molecule has 0 unspecified atom stereocenters. The topological polar surface area (TPSA) is 73.9 Å². The van der Waals surface area contributed by atoms with E-state index in [1.54, 1.807) is 37.4 Å². The van der Waals surface area contributed by atoms with Crippen LogP contribution in [-0.2, 0) is 14.8 Å². The Balaban J connectivity index is 1.65. The molecular weight excluding hydrogens is 366 g/mol. The number of sulfonamides is 1. The number of hydrogen-bond acceptors (Lipinski definition) is 5. The minimum absolute atomic E-state index is 0.170. The van der Waals surface area contributed by atoms with Gasteiger partial charge in [0, 0.05) is 13.2 Å². The van der Waals surface area contributed by atoms with Crippen molar-refractivity contribution in [3.05, 3.63) is 48.5 Å². The molecule has 0 saturated heterocycles. The van der Waals surface area contributed by atoms with E-state index in [0.29, 0.717) is 30.4 Å². The molecule has 1 aliphatic carbocycles. The molecule has 0 atom stereocenters. The van der Waals surface area contributed by atoms with Crippen molar-refractivity contribution in [2.24, 2.45) is 0 Å². The van der Waals surface area contributed by atoms with E-state index in [2.05, 4.69) is 4.72 Å². The molecule has 7 heteroatoms. The first-order valence-electron chi connectivity index (χ1n) is 9.08. The van der Waals surface area contributed by atoms with Gasteiger partial charge < -0.3 is 14.2 Å². The molecule has 1 saturated carbocycles. The van der Waals surface area contributed by atoms with E-state index in [1.165, 1.54) is 25.0 Å². The molecule has 1 fully saturated rings. The van der Waals surface area contributed by atoms with Gasteiger partial charge in [-0.15, -0.1) is 0 Å². The van der Waals surface area contributed by atoms with Crippen LogP contribution >= 0.6 is 0 Å². The van der Waals surface area contributed by atoms with E-state index in [9.17, 15) is 8.42 Å². The van der Waals surface area contributed by atoms with Crippen molar-refractivity contribution in [1.82, 2.24) is 0 Å². The molecule has 3 rings (SSSR count). The molecule has 146 valence electrons. The van der Waals surface area contributed by atoms with E-state index in [0.717, 1.165) is 12.8 Å². The lowest BCUT2D eigenvalue weighted by Crippen LogP contribution is -2.14. The first-order valence-corrected chi connectivity index (χ1v) is 10.6. The molecule has 2 aromatic rings. The smallest absolute Gasteiger partial charge is 0.261 e. The van der Waals surface area contributed by atoms with Crippen molar-refractivity contribution < 1.29 is 22.6 Å². The molecule has 0 spiro atoms. The van der Waals surface area contributed by atoms with Gasteiger partial charge in [-0.05, 0) is 62.1 Å². The van der Waals surface area contributed by atoms with Crippen molar-refractivity contribution >= 4 is 15.7 Å². The molecule has 0 radical (unpaired) electrons. The molecule has 1 aliphatic rings. The Labute approximate surface area is 160 Å². The van der Waals surface area contributed by atoms with Crippen LogP contribution in [0.5, 0.6) is 11.5 Å². The van der Waals surface area contributed by atoms with Crippen LogP contribution in [0.1, 0.15) is 25.7 Å². The monoisotopic (exact) mass is 391 g/mol. The number of hydrogen-bond donors (Lipinski definition) is 1. The van der Waals surface area contributed by atoms with Gasteiger partial charge in [0.15, 0.2) is 0 Å². The summed E-state index contributed by atoms with van der Waals surface area (Å²) in [5, 5.41) is 0. The predicted molar refractivity (Wildman–Crippen MR) is 104 cm³/mol. The zero-order valence-corrected chi connectivity index (χ0v) is 16.2. The molecule has 0 heterocycles. The van der Waals surface area contributed by atoms with E-state index in [-0.39, 0.29) is 11.0 Å². The van der Waals surface area contributed by atoms with Gasteiger partial charge in [-0.25, -0.2) is 8.42 Å². The van der Waals surface area contributed by atoms with Crippen LogP contribution in [0.25, 0.3) is 0 Å². The molecule has 2 aromatic carbocycles. The van der Waals surface area contributed by atoms with Gasteiger partial charge >= 0.3 is 0 Å². The van der Waals surface area contributed by atoms with Gasteiger partial charge in [-0.2, -0.15) is 0 Å². The van der Waals surface area contributed by atoms with Crippen molar-refractivity contribution in [3.8, 4) is 11.5 Å². The molecular formula is C20H25NO5S. The van der Waals surface area contributed by atoms with Crippen molar-refractivity contribution in [1.29, 1.82) is 0 Å². The van der Waals surface area contributed by atoms with Gasteiger partial charge in [0.25, 0.3) is 10.0 Å². The van der Waals surface area contributed by atoms with Crippen molar-refractivity contribution in [2.45, 2.75) is 36.7 Å². The quantitative estimate of drug-likeness (QED) is 0.658. The fourth-order valence-electron chi connectivity index (χ4n) is 3.00. The Hall–Kier alpha value is -2.25. The summed E-state index contributed by atoms with van der Waals surface area (Å²) in [6.07, 6.45) is 4.69. The predicted octanol–water partition coefficient (Wildman–Crippen LogP) is 3.83. The summed E-state index contributed by atoms with van der Waals surface area (Å²) >= 11 is 0. The lowest BCUT2D eigenvalue weighted by Gasteiger charge is -2.14. The normalized spacial score (nSPS) is 14.9. The fourth-order valence-corrected chi connectivity index (χ4v) is 4.05. The summed E-state index contributed by atoms with van der Waals surface area (Å²) < 4.78 is 44.1.